The van der Waals surface area contributed by atoms with E-state index in [9.17, 15) is 10.4 Å². The van der Waals surface area contributed by atoms with Crippen molar-refractivity contribution >= 4 is 22.5 Å². The Morgan fingerprint density at radius 2 is 1.77 bits per heavy atom. The summed E-state index contributed by atoms with van der Waals surface area (Å²) in [5.41, 5.74) is 6.78. The monoisotopic (exact) mass is 520 g/mol. The number of aliphatic hydroxyl groups excluding tert-OH is 1. The third-order valence-corrected chi connectivity index (χ3v) is 7.87. The molecule has 0 spiro atoms. The zero-order chi connectivity index (χ0) is 27.3. The van der Waals surface area contributed by atoms with Crippen molar-refractivity contribution in [2.24, 2.45) is 7.05 Å². The van der Waals surface area contributed by atoms with Crippen molar-refractivity contribution in [1.82, 2.24) is 28.8 Å². The van der Waals surface area contributed by atoms with E-state index in [-0.39, 0.29) is 0 Å². The number of hydrogen-bond acceptors (Lipinski definition) is 7. The molecule has 5 aromatic rings. The Labute approximate surface area is 227 Å². The molecule has 6 rings (SSSR count). The highest BCUT2D eigenvalue weighted by atomic mass is 16.3. The smallest absolute Gasteiger partial charge is 0.180 e. The van der Waals surface area contributed by atoms with Crippen LogP contribution >= 0.6 is 0 Å². The molecule has 1 fully saturated rings. The van der Waals surface area contributed by atoms with Crippen molar-refractivity contribution in [3.63, 3.8) is 0 Å². The van der Waals surface area contributed by atoms with Gasteiger partial charge in [-0.15, -0.1) is 0 Å². The first-order chi connectivity index (χ1) is 18.9. The quantitative estimate of drug-likeness (QED) is 0.367. The second-order valence-electron chi connectivity index (χ2n) is 10.5. The standard InChI is InChI=1S/C30H32N8O/c1-19(39)28-33-24-17-22(9-10-25(24)36(28)4)27-26(21-7-5-20(18-31)6-8-21)34-30(29-32-13-16-38(27)29)37-14-11-23(12-15-37)35(2)3/h5-10,13,16-17,19,23,39H,11-12,14-15H2,1-4H3/t19-/m0/s1. The Morgan fingerprint density at radius 3 is 2.44 bits per heavy atom. The SMILES string of the molecule is C[C@H](O)c1nc2cc(-c3c(-c4ccc(C#N)cc4)nc(N4CCC(N(C)C)CC4)c4nccn34)ccc2n1C. The van der Waals surface area contributed by atoms with Crippen LogP contribution in [0, 0.1) is 11.3 Å². The predicted molar refractivity (Wildman–Crippen MR) is 152 cm³/mol. The molecule has 1 aliphatic heterocycles. The van der Waals surface area contributed by atoms with Crippen LogP contribution in [0.1, 0.15) is 37.3 Å². The summed E-state index contributed by atoms with van der Waals surface area (Å²) in [6, 6.07) is 16.5. The fraction of sp³-hybridized carbons (Fsp3) is 0.333. The number of imidazole rings is 2. The first-order valence-electron chi connectivity index (χ1n) is 13.3. The number of aliphatic hydroxyl groups is 1. The summed E-state index contributed by atoms with van der Waals surface area (Å²) in [6.07, 6.45) is 5.27. The van der Waals surface area contributed by atoms with E-state index >= 15 is 0 Å². The van der Waals surface area contributed by atoms with Crippen molar-refractivity contribution in [1.29, 1.82) is 5.26 Å². The molecule has 39 heavy (non-hydrogen) atoms. The van der Waals surface area contributed by atoms with Crippen LogP contribution in [-0.4, -0.2) is 67.2 Å². The molecule has 9 nitrogen and oxygen atoms in total. The van der Waals surface area contributed by atoms with Crippen LogP contribution in [0.4, 0.5) is 5.82 Å². The number of anilines is 1. The fourth-order valence-electron chi connectivity index (χ4n) is 5.70. The molecular formula is C30H32N8O. The number of piperidine rings is 1. The average Bonchev–Trinajstić information content (AvgIpc) is 3.57. The van der Waals surface area contributed by atoms with Crippen LogP contribution in [-0.2, 0) is 7.05 Å². The van der Waals surface area contributed by atoms with Gasteiger partial charge in [0.2, 0.25) is 0 Å². The summed E-state index contributed by atoms with van der Waals surface area (Å²) in [5.74, 6) is 1.49. The lowest BCUT2D eigenvalue weighted by atomic mass is 10.0. The van der Waals surface area contributed by atoms with E-state index in [4.69, 9.17) is 15.0 Å². The van der Waals surface area contributed by atoms with Crippen LogP contribution in [0.25, 0.3) is 39.2 Å². The zero-order valence-corrected chi connectivity index (χ0v) is 22.7. The molecule has 0 aliphatic carbocycles. The van der Waals surface area contributed by atoms with Crippen molar-refractivity contribution in [2.45, 2.75) is 31.9 Å². The van der Waals surface area contributed by atoms with Gasteiger partial charge in [-0.3, -0.25) is 4.40 Å². The predicted octanol–water partition coefficient (Wildman–Crippen LogP) is 4.41. The summed E-state index contributed by atoms with van der Waals surface area (Å²) in [5, 5.41) is 19.6. The van der Waals surface area contributed by atoms with Crippen LogP contribution < -0.4 is 4.90 Å². The van der Waals surface area contributed by atoms with E-state index in [2.05, 4.69) is 40.4 Å². The second-order valence-corrected chi connectivity index (χ2v) is 10.5. The average molecular weight is 521 g/mol. The first kappa shape index (κ1) is 25.0. The van der Waals surface area contributed by atoms with Gasteiger partial charge >= 0.3 is 0 Å². The van der Waals surface area contributed by atoms with Crippen molar-refractivity contribution in [3.05, 3.63) is 66.2 Å². The lowest BCUT2D eigenvalue weighted by Crippen LogP contribution is -2.42. The number of hydrogen-bond donors (Lipinski definition) is 1. The minimum Gasteiger partial charge on any atom is -0.385 e. The normalized spacial score (nSPS) is 15.4. The number of aromatic nitrogens is 5. The number of fused-ring (bicyclic) bond motifs is 2. The lowest BCUT2D eigenvalue weighted by molar-refractivity contribution is 0.186. The number of rotatable bonds is 5. The van der Waals surface area contributed by atoms with Gasteiger partial charge in [-0.2, -0.15) is 5.26 Å². The Kier molecular flexibility index (Phi) is 6.29. The summed E-state index contributed by atoms with van der Waals surface area (Å²) >= 11 is 0. The molecule has 4 heterocycles. The second kappa shape index (κ2) is 9.80. The molecule has 3 aromatic heterocycles. The van der Waals surface area contributed by atoms with E-state index in [0.29, 0.717) is 17.4 Å². The van der Waals surface area contributed by atoms with Crippen LogP contribution in [0.2, 0.25) is 0 Å². The Hall–Kier alpha value is -4.26. The van der Waals surface area contributed by atoms with Crippen LogP contribution in [0.15, 0.2) is 54.9 Å². The van der Waals surface area contributed by atoms with Gasteiger partial charge in [0, 0.05) is 49.7 Å². The molecule has 0 amide bonds. The van der Waals surface area contributed by atoms with Gasteiger partial charge in [0.05, 0.1) is 34.1 Å². The maximum absolute atomic E-state index is 10.2. The van der Waals surface area contributed by atoms with Gasteiger partial charge in [0.15, 0.2) is 11.5 Å². The number of aryl methyl sites for hydroxylation is 1. The highest BCUT2D eigenvalue weighted by Crippen LogP contribution is 2.37. The minimum absolute atomic E-state index is 0.561. The molecule has 9 heteroatoms. The highest BCUT2D eigenvalue weighted by Gasteiger charge is 2.26. The number of nitriles is 1. The molecular weight excluding hydrogens is 488 g/mol. The van der Waals surface area contributed by atoms with Gasteiger partial charge in [-0.1, -0.05) is 18.2 Å². The summed E-state index contributed by atoms with van der Waals surface area (Å²) in [7, 11) is 6.21. The lowest BCUT2D eigenvalue weighted by Gasteiger charge is -2.36. The Bertz CT molecular complexity index is 1700. The largest absolute Gasteiger partial charge is 0.385 e. The Morgan fingerprint density at radius 1 is 1.05 bits per heavy atom. The van der Waals surface area contributed by atoms with Crippen LogP contribution in [0.5, 0.6) is 0 Å². The van der Waals surface area contributed by atoms with Gasteiger partial charge in [0.25, 0.3) is 0 Å². The molecule has 2 aromatic carbocycles. The summed E-state index contributed by atoms with van der Waals surface area (Å²) in [6.45, 7) is 3.54. The molecule has 198 valence electrons. The van der Waals surface area contributed by atoms with E-state index in [1.54, 1.807) is 6.92 Å². The van der Waals surface area contributed by atoms with Crippen LogP contribution in [0.3, 0.4) is 0 Å². The molecule has 1 N–H and O–H groups in total. The summed E-state index contributed by atoms with van der Waals surface area (Å²) < 4.78 is 4.05. The van der Waals surface area contributed by atoms with E-state index < -0.39 is 6.10 Å². The number of nitrogens with zero attached hydrogens (tertiary/aromatic N) is 8. The molecule has 1 atom stereocenters. The number of benzene rings is 2. The first-order valence-corrected chi connectivity index (χ1v) is 13.3. The van der Waals surface area contributed by atoms with E-state index in [1.807, 2.05) is 60.4 Å². The van der Waals surface area contributed by atoms with Gasteiger partial charge in [-0.05, 0) is 58.1 Å². The van der Waals surface area contributed by atoms with Gasteiger partial charge < -0.3 is 19.5 Å². The van der Waals surface area contributed by atoms with Crippen molar-refractivity contribution in [3.8, 4) is 28.6 Å². The zero-order valence-electron chi connectivity index (χ0n) is 22.7. The topological polar surface area (TPSA) is 98.5 Å². The van der Waals surface area contributed by atoms with Crippen molar-refractivity contribution < 1.29 is 5.11 Å². The van der Waals surface area contributed by atoms with Crippen molar-refractivity contribution in [2.75, 3.05) is 32.1 Å². The van der Waals surface area contributed by atoms with Gasteiger partial charge in [0.1, 0.15) is 11.9 Å². The molecule has 0 radical (unpaired) electrons. The highest BCUT2D eigenvalue weighted by molar-refractivity contribution is 5.89. The molecule has 0 bridgehead atoms. The maximum atomic E-state index is 10.2. The van der Waals surface area contributed by atoms with E-state index in [0.717, 1.165) is 70.9 Å². The third kappa shape index (κ3) is 4.32. The van der Waals surface area contributed by atoms with Gasteiger partial charge in [-0.25, -0.2) is 15.0 Å². The molecule has 0 unspecified atom stereocenters. The molecule has 1 aliphatic rings. The van der Waals surface area contributed by atoms with E-state index in [1.165, 1.54) is 0 Å². The fourth-order valence-corrected chi connectivity index (χ4v) is 5.70. The Balaban J connectivity index is 1.55. The third-order valence-electron chi connectivity index (χ3n) is 7.87. The minimum atomic E-state index is -0.669. The summed E-state index contributed by atoms with van der Waals surface area (Å²) in [4.78, 5) is 19.4. The maximum Gasteiger partial charge on any atom is 0.180 e. The molecule has 1 saturated heterocycles. The molecule has 0 saturated carbocycles.